The van der Waals surface area contributed by atoms with Crippen molar-refractivity contribution in [3.63, 3.8) is 0 Å². The average molecular weight is 329 g/mol. The fourth-order valence-electron chi connectivity index (χ4n) is 3.45. The molecule has 2 aliphatic rings. The molecule has 0 saturated carbocycles. The third-order valence-corrected chi connectivity index (χ3v) is 4.72. The zero-order valence-corrected chi connectivity index (χ0v) is 14.7. The van der Waals surface area contributed by atoms with Crippen LogP contribution in [0.2, 0.25) is 0 Å². The van der Waals surface area contributed by atoms with E-state index in [0.29, 0.717) is 0 Å². The number of nitrogens with zero attached hydrogens (tertiary/aromatic N) is 2. The standard InChI is InChI=1S/C22H23N3/c1-17-10-6-7-13-19(16-17)24(2)22-23-20-14-8-9-15-21(20)25(22)18-11-4-3-5-12-18/h3-6,8-16,22-23H,7H2,1-2H3. The smallest absolute Gasteiger partial charge is 0.183 e. The minimum atomic E-state index is 0.0354. The topological polar surface area (TPSA) is 18.5 Å². The van der Waals surface area contributed by atoms with Gasteiger partial charge in [-0.3, -0.25) is 0 Å². The summed E-state index contributed by atoms with van der Waals surface area (Å²) in [6.45, 7) is 2.15. The number of fused-ring (bicyclic) bond motifs is 1. The van der Waals surface area contributed by atoms with Gasteiger partial charge >= 0.3 is 0 Å². The van der Waals surface area contributed by atoms with Gasteiger partial charge in [0.05, 0.1) is 11.4 Å². The van der Waals surface area contributed by atoms with E-state index >= 15 is 0 Å². The number of allylic oxidation sites excluding steroid dienone is 5. The molecule has 1 unspecified atom stereocenters. The van der Waals surface area contributed by atoms with Gasteiger partial charge in [-0.15, -0.1) is 0 Å². The summed E-state index contributed by atoms with van der Waals surface area (Å²) in [5, 5.41) is 3.68. The lowest BCUT2D eigenvalue weighted by Gasteiger charge is -2.35. The van der Waals surface area contributed by atoms with E-state index in [1.807, 2.05) is 0 Å². The van der Waals surface area contributed by atoms with Crippen LogP contribution < -0.4 is 10.2 Å². The van der Waals surface area contributed by atoms with Gasteiger partial charge in [0.2, 0.25) is 0 Å². The minimum absolute atomic E-state index is 0.0354. The van der Waals surface area contributed by atoms with Crippen molar-refractivity contribution in [2.24, 2.45) is 0 Å². The quantitative estimate of drug-likeness (QED) is 0.829. The fraction of sp³-hybridized carbons (Fsp3) is 0.182. The Kier molecular flexibility index (Phi) is 4.06. The monoisotopic (exact) mass is 329 g/mol. The van der Waals surface area contributed by atoms with Crippen LogP contribution in [0, 0.1) is 0 Å². The van der Waals surface area contributed by atoms with Crippen LogP contribution in [0.5, 0.6) is 0 Å². The van der Waals surface area contributed by atoms with Crippen molar-refractivity contribution in [3.05, 3.63) is 90.2 Å². The summed E-state index contributed by atoms with van der Waals surface area (Å²) >= 11 is 0. The van der Waals surface area contributed by atoms with E-state index in [-0.39, 0.29) is 6.29 Å². The summed E-state index contributed by atoms with van der Waals surface area (Å²) in [6.07, 6.45) is 9.91. The lowest BCUT2D eigenvalue weighted by Crippen LogP contribution is -2.45. The number of anilines is 3. The zero-order chi connectivity index (χ0) is 17.2. The molecule has 0 aromatic heterocycles. The van der Waals surface area contributed by atoms with Gasteiger partial charge in [0.15, 0.2) is 6.29 Å². The maximum absolute atomic E-state index is 3.68. The Balaban J connectivity index is 1.73. The third-order valence-electron chi connectivity index (χ3n) is 4.72. The Labute approximate surface area is 149 Å². The number of rotatable bonds is 3. The molecule has 0 amide bonds. The molecule has 0 spiro atoms. The molecule has 2 aromatic carbocycles. The largest absolute Gasteiger partial charge is 0.346 e. The van der Waals surface area contributed by atoms with Crippen molar-refractivity contribution >= 4 is 17.1 Å². The molecule has 0 bridgehead atoms. The van der Waals surface area contributed by atoms with E-state index in [9.17, 15) is 0 Å². The van der Waals surface area contributed by atoms with Crippen LogP contribution in [0.1, 0.15) is 13.3 Å². The van der Waals surface area contributed by atoms with Gasteiger partial charge < -0.3 is 15.1 Å². The van der Waals surface area contributed by atoms with E-state index in [4.69, 9.17) is 0 Å². The zero-order valence-electron chi connectivity index (χ0n) is 14.7. The summed E-state index contributed by atoms with van der Waals surface area (Å²) in [5.74, 6) is 0. The molecule has 4 rings (SSSR count). The number of hydrogen-bond acceptors (Lipinski definition) is 3. The first-order chi connectivity index (χ1) is 12.2. The molecule has 1 heterocycles. The highest BCUT2D eigenvalue weighted by Gasteiger charge is 2.33. The fourth-order valence-corrected chi connectivity index (χ4v) is 3.45. The summed E-state index contributed by atoms with van der Waals surface area (Å²) < 4.78 is 0. The summed E-state index contributed by atoms with van der Waals surface area (Å²) in [7, 11) is 2.15. The molecule has 0 radical (unpaired) electrons. The van der Waals surface area contributed by atoms with E-state index in [1.165, 1.54) is 22.6 Å². The van der Waals surface area contributed by atoms with Crippen LogP contribution in [-0.2, 0) is 0 Å². The maximum atomic E-state index is 3.68. The highest BCUT2D eigenvalue weighted by atomic mass is 15.5. The number of hydrogen-bond donors (Lipinski definition) is 1. The lowest BCUT2D eigenvalue weighted by molar-refractivity contribution is 0.352. The predicted molar refractivity (Wildman–Crippen MR) is 106 cm³/mol. The molecule has 3 nitrogen and oxygen atoms in total. The highest BCUT2D eigenvalue weighted by molar-refractivity contribution is 5.82. The van der Waals surface area contributed by atoms with Gasteiger partial charge in [-0.2, -0.15) is 0 Å². The van der Waals surface area contributed by atoms with Crippen LogP contribution in [0.15, 0.2) is 90.2 Å². The van der Waals surface area contributed by atoms with Crippen molar-refractivity contribution in [2.45, 2.75) is 19.6 Å². The normalized spacial score (nSPS) is 18.8. The molecule has 1 atom stereocenters. The first-order valence-corrected chi connectivity index (χ1v) is 8.72. The minimum Gasteiger partial charge on any atom is -0.346 e. The van der Waals surface area contributed by atoms with Crippen molar-refractivity contribution in [1.29, 1.82) is 0 Å². The molecule has 1 aliphatic carbocycles. The Morgan fingerprint density at radius 1 is 1.04 bits per heavy atom. The van der Waals surface area contributed by atoms with Gasteiger partial charge in [0.1, 0.15) is 0 Å². The summed E-state index contributed by atoms with van der Waals surface area (Å²) in [5.41, 5.74) is 6.06. The first-order valence-electron chi connectivity index (χ1n) is 8.72. The Morgan fingerprint density at radius 3 is 2.64 bits per heavy atom. The van der Waals surface area contributed by atoms with Crippen LogP contribution in [-0.4, -0.2) is 18.2 Å². The predicted octanol–water partition coefficient (Wildman–Crippen LogP) is 5.26. The molecule has 0 saturated heterocycles. The molecule has 25 heavy (non-hydrogen) atoms. The van der Waals surface area contributed by atoms with Crippen LogP contribution in [0.3, 0.4) is 0 Å². The second kappa shape index (κ2) is 6.52. The van der Waals surface area contributed by atoms with Crippen molar-refractivity contribution in [3.8, 4) is 0 Å². The maximum Gasteiger partial charge on any atom is 0.183 e. The molecule has 3 heteroatoms. The van der Waals surface area contributed by atoms with E-state index in [1.54, 1.807) is 0 Å². The van der Waals surface area contributed by atoms with Gasteiger partial charge in [-0.1, -0.05) is 48.6 Å². The SMILES string of the molecule is CC1=CC(N(C)C2Nc3ccccc3N2c2ccccc2)=CCC=C1. The third kappa shape index (κ3) is 2.93. The van der Waals surface area contributed by atoms with Crippen molar-refractivity contribution < 1.29 is 0 Å². The van der Waals surface area contributed by atoms with Crippen LogP contribution >= 0.6 is 0 Å². The Morgan fingerprint density at radius 2 is 1.80 bits per heavy atom. The second-order valence-electron chi connectivity index (χ2n) is 6.51. The molecule has 1 N–H and O–H groups in total. The van der Waals surface area contributed by atoms with Crippen molar-refractivity contribution in [2.75, 3.05) is 17.3 Å². The summed E-state index contributed by atoms with van der Waals surface area (Å²) in [4.78, 5) is 4.67. The van der Waals surface area contributed by atoms with Gasteiger partial charge in [0.25, 0.3) is 0 Å². The molecular weight excluding hydrogens is 306 g/mol. The van der Waals surface area contributed by atoms with E-state index in [0.717, 1.165) is 12.1 Å². The molecule has 1 aliphatic heterocycles. The van der Waals surface area contributed by atoms with Gasteiger partial charge in [0, 0.05) is 18.4 Å². The van der Waals surface area contributed by atoms with E-state index < -0.39 is 0 Å². The van der Waals surface area contributed by atoms with E-state index in [2.05, 4.69) is 108 Å². The average Bonchev–Trinajstić information content (AvgIpc) is 2.90. The first kappa shape index (κ1) is 15.6. The second-order valence-corrected chi connectivity index (χ2v) is 6.51. The number of para-hydroxylation sites is 3. The van der Waals surface area contributed by atoms with Gasteiger partial charge in [-0.05, 0) is 49.3 Å². The van der Waals surface area contributed by atoms with Crippen LogP contribution in [0.4, 0.5) is 17.1 Å². The Bertz CT molecular complexity index is 849. The lowest BCUT2D eigenvalue weighted by atomic mass is 10.2. The molecule has 126 valence electrons. The molecule has 0 fully saturated rings. The van der Waals surface area contributed by atoms with Crippen LogP contribution in [0.25, 0.3) is 0 Å². The molecular formula is C22H23N3. The highest BCUT2D eigenvalue weighted by Crippen LogP contribution is 2.41. The van der Waals surface area contributed by atoms with Crippen molar-refractivity contribution in [1.82, 2.24) is 4.90 Å². The Hall–Kier alpha value is -2.94. The number of nitrogens with one attached hydrogen (secondary N) is 1. The molecule has 2 aromatic rings. The van der Waals surface area contributed by atoms with Gasteiger partial charge in [-0.25, -0.2) is 0 Å². The summed E-state index contributed by atoms with van der Waals surface area (Å²) in [6, 6.07) is 19.1. The number of benzene rings is 2. The number of likely N-dealkylation sites (N-methyl/N-ethyl adjacent to an activating group) is 1.